The van der Waals surface area contributed by atoms with E-state index in [4.69, 9.17) is 9.84 Å². The second-order valence-electron chi connectivity index (χ2n) is 4.96. The van der Waals surface area contributed by atoms with Gasteiger partial charge in [0.2, 0.25) is 0 Å². The van der Waals surface area contributed by atoms with E-state index in [2.05, 4.69) is 0 Å². The van der Waals surface area contributed by atoms with Gasteiger partial charge in [0, 0.05) is 18.7 Å². The van der Waals surface area contributed by atoms with Crippen molar-refractivity contribution in [1.82, 2.24) is 4.90 Å². The molecule has 1 fully saturated rings. The zero-order valence-corrected chi connectivity index (χ0v) is 11.3. The van der Waals surface area contributed by atoms with Gasteiger partial charge in [-0.2, -0.15) is 0 Å². The lowest BCUT2D eigenvalue weighted by Crippen LogP contribution is -2.41. The Balaban J connectivity index is 1.89. The van der Waals surface area contributed by atoms with E-state index in [0.29, 0.717) is 6.61 Å². The number of likely N-dealkylation sites (tertiary alicyclic amines) is 1. The summed E-state index contributed by atoms with van der Waals surface area (Å²) in [5.41, 5.74) is 1.86. The number of hydrogen-bond donors (Lipinski definition) is 1. The molecule has 0 aromatic heterocycles. The van der Waals surface area contributed by atoms with Crippen LogP contribution < -0.4 is 0 Å². The third-order valence-corrected chi connectivity index (χ3v) is 3.44. The first-order chi connectivity index (χ1) is 9.20. The molecule has 0 bridgehead atoms. The lowest BCUT2D eigenvalue weighted by Gasteiger charge is -2.32. The number of aliphatic hydroxyl groups is 1. The number of carbonyl (C=O) groups is 1. The van der Waals surface area contributed by atoms with Crippen LogP contribution in [0.1, 0.15) is 28.8 Å². The molecular formula is C15H21NO3. The number of carbonyl (C=O) groups excluding carboxylic acids is 1. The molecule has 1 aliphatic heterocycles. The van der Waals surface area contributed by atoms with Crippen LogP contribution in [-0.4, -0.2) is 48.3 Å². The molecule has 0 spiro atoms. The van der Waals surface area contributed by atoms with Gasteiger partial charge >= 0.3 is 0 Å². The largest absolute Gasteiger partial charge is 0.394 e. The summed E-state index contributed by atoms with van der Waals surface area (Å²) in [6.45, 7) is 3.89. The molecule has 1 aromatic carbocycles. The summed E-state index contributed by atoms with van der Waals surface area (Å²) in [6, 6.07) is 7.70. The molecule has 1 amide bonds. The first kappa shape index (κ1) is 14.0. The number of ether oxygens (including phenoxy) is 1. The van der Waals surface area contributed by atoms with Crippen molar-refractivity contribution in [1.29, 1.82) is 0 Å². The van der Waals surface area contributed by atoms with Crippen LogP contribution in [0.5, 0.6) is 0 Å². The lowest BCUT2D eigenvalue weighted by atomic mass is 10.1. The number of aliphatic hydroxyl groups excluding tert-OH is 1. The van der Waals surface area contributed by atoms with Crippen LogP contribution in [0.25, 0.3) is 0 Å². The number of nitrogens with zero attached hydrogens (tertiary/aromatic N) is 1. The Morgan fingerprint density at radius 3 is 2.79 bits per heavy atom. The Labute approximate surface area is 114 Å². The monoisotopic (exact) mass is 263 g/mol. The Morgan fingerprint density at radius 1 is 1.42 bits per heavy atom. The number of amides is 1. The van der Waals surface area contributed by atoms with Gasteiger partial charge in [0.05, 0.1) is 19.3 Å². The number of benzene rings is 1. The van der Waals surface area contributed by atoms with E-state index in [9.17, 15) is 4.79 Å². The van der Waals surface area contributed by atoms with E-state index < -0.39 is 0 Å². The fourth-order valence-electron chi connectivity index (χ4n) is 2.41. The second-order valence-corrected chi connectivity index (χ2v) is 4.96. The first-order valence-corrected chi connectivity index (χ1v) is 6.79. The molecule has 1 N–H and O–H groups in total. The smallest absolute Gasteiger partial charge is 0.253 e. The minimum Gasteiger partial charge on any atom is -0.394 e. The number of hydrogen-bond acceptors (Lipinski definition) is 3. The van der Waals surface area contributed by atoms with Crippen molar-refractivity contribution in [3.63, 3.8) is 0 Å². The number of rotatable bonds is 4. The summed E-state index contributed by atoms with van der Waals surface area (Å²) in [6.07, 6.45) is 1.86. The van der Waals surface area contributed by atoms with Gasteiger partial charge in [0.15, 0.2) is 0 Å². The van der Waals surface area contributed by atoms with Gasteiger partial charge in [-0.05, 0) is 31.9 Å². The fraction of sp³-hybridized carbons (Fsp3) is 0.533. The molecule has 1 saturated heterocycles. The number of piperidine rings is 1. The van der Waals surface area contributed by atoms with Crippen molar-refractivity contribution in [3.05, 3.63) is 35.4 Å². The highest BCUT2D eigenvalue weighted by Crippen LogP contribution is 2.16. The Bertz CT molecular complexity index is 425. The average Bonchev–Trinajstić information content (AvgIpc) is 2.45. The van der Waals surface area contributed by atoms with Crippen LogP contribution in [-0.2, 0) is 4.74 Å². The molecule has 0 unspecified atom stereocenters. The third-order valence-electron chi connectivity index (χ3n) is 3.44. The summed E-state index contributed by atoms with van der Waals surface area (Å²) in [5, 5.41) is 8.72. The molecule has 0 atom stereocenters. The average molecular weight is 263 g/mol. The van der Waals surface area contributed by atoms with Crippen LogP contribution in [0, 0.1) is 6.92 Å². The van der Waals surface area contributed by atoms with E-state index in [1.54, 1.807) is 0 Å². The summed E-state index contributed by atoms with van der Waals surface area (Å²) in [5.74, 6) is 0.101. The molecule has 4 heteroatoms. The predicted molar refractivity (Wildman–Crippen MR) is 73.1 cm³/mol. The standard InChI is InChI=1S/C15H21NO3/c1-12-3-2-4-13(11-12)15(18)16-7-5-14(6-8-16)19-10-9-17/h2-4,11,14,17H,5-10H2,1H3. The third kappa shape index (κ3) is 3.78. The van der Waals surface area contributed by atoms with Crippen LogP contribution in [0.15, 0.2) is 24.3 Å². The first-order valence-electron chi connectivity index (χ1n) is 6.79. The molecule has 1 aromatic rings. The molecule has 0 radical (unpaired) electrons. The van der Waals surface area contributed by atoms with Crippen molar-refractivity contribution >= 4 is 5.91 Å². The molecule has 0 aliphatic carbocycles. The number of aryl methyl sites for hydroxylation is 1. The van der Waals surface area contributed by atoms with Crippen molar-refractivity contribution < 1.29 is 14.6 Å². The highest BCUT2D eigenvalue weighted by Gasteiger charge is 2.23. The summed E-state index contributed by atoms with van der Waals surface area (Å²) < 4.78 is 5.50. The minimum atomic E-state index is 0.0580. The molecule has 1 heterocycles. The summed E-state index contributed by atoms with van der Waals surface area (Å²) in [4.78, 5) is 14.2. The van der Waals surface area contributed by atoms with E-state index >= 15 is 0 Å². The topological polar surface area (TPSA) is 49.8 Å². The maximum atomic E-state index is 12.3. The van der Waals surface area contributed by atoms with Crippen LogP contribution in [0.4, 0.5) is 0 Å². The SMILES string of the molecule is Cc1cccc(C(=O)N2CCC(OCCO)CC2)c1. The molecular weight excluding hydrogens is 242 g/mol. The van der Waals surface area contributed by atoms with E-state index in [0.717, 1.165) is 37.1 Å². The summed E-state index contributed by atoms with van der Waals surface area (Å²) in [7, 11) is 0. The Hall–Kier alpha value is -1.39. The maximum Gasteiger partial charge on any atom is 0.253 e. The van der Waals surface area contributed by atoms with Gasteiger partial charge in [0.1, 0.15) is 0 Å². The van der Waals surface area contributed by atoms with Crippen molar-refractivity contribution in [2.24, 2.45) is 0 Å². The zero-order valence-electron chi connectivity index (χ0n) is 11.3. The van der Waals surface area contributed by atoms with Gasteiger partial charge in [-0.1, -0.05) is 17.7 Å². The molecule has 4 nitrogen and oxygen atoms in total. The quantitative estimate of drug-likeness (QED) is 0.898. The minimum absolute atomic E-state index is 0.0580. The van der Waals surface area contributed by atoms with Crippen molar-refractivity contribution in [2.75, 3.05) is 26.3 Å². The van der Waals surface area contributed by atoms with Gasteiger partial charge in [0.25, 0.3) is 5.91 Å². The van der Waals surface area contributed by atoms with E-state index in [1.807, 2.05) is 36.1 Å². The van der Waals surface area contributed by atoms with E-state index in [1.165, 1.54) is 0 Å². The maximum absolute atomic E-state index is 12.3. The van der Waals surface area contributed by atoms with Gasteiger partial charge in [-0.25, -0.2) is 0 Å². The van der Waals surface area contributed by atoms with E-state index in [-0.39, 0.29) is 18.6 Å². The zero-order chi connectivity index (χ0) is 13.7. The Morgan fingerprint density at radius 2 is 2.16 bits per heavy atom. The lowest BCUT2D eigenvalue weighted by molar-refractivity contribution is -0.00554. The second kappa shape index (κ2) is 6.68. The predicted octanol–water partition coefficient (Wildman–Crippen LogP) is 1.61. The summed E-state index contributed by atoms with van der Waals surface area (Å²) >= 11 is 0. The van der Waals surface area contributed by atoms with Crippen LogP contribution in [0.2, 0.25) is 0 Å². The van der Waals surface area contributed by atoms with Crippen LogP contribution in [0.3, 0.4) is 0 Å². The molecule has 104 valence electrons. The fourth-order valence-corrected chi connectivity index (χ4v) is 2.41. The molecule has 1 aliphatic rings. The van der Waals surface area contributed by atoms with Crippen LogP contribution >= 0.6 is 0 Å². The molecule has 19 heavy (non-hydrogen) atoms. The van der Waals surface area contributed by atoms with Gasteiger partial charge in [-0.15, -0.1) is 0 Å². The normalized spacial score (nSPS) is 16.6. The van der Waals surface area contributed by atoms with Gasteiger partial charge in [-0.3, -0.25) is 4.79 Å². The van der Waals surface area contributed by atoms with Gasteiger partial charge < -0.3 is 14.7 Å². The highest BCUT2D eigenvalue weighted by atomic mass is 16.5. The van der Waals surface area contributed by atoms with Crippen molar-refractivity contribution in [2.45, 2.75) is 25.9 Å². The Kier molecular flexibility index (Phi) is 4.93. The molecule has 2 rings (SSSR count). The molecule has 0 saturated carbocycles. The van der Waals surface area contributed by atoms with Crippen molar-refractivity contribution in [3.8, 4) is 0 Å². The highest BCUT2D eigenvalue weighted by molar-refractivity contribution is 5.94.